The molecular formula is C18H17FN2O2S2. The van der Waals surface area contributed by atoms with E-state index in [1.165, 1.54) is 17.4 Å². The van der Waals surface area contributed by atoms with Gasteiger partial charge in [0.2, 0.25) is 5.91 Å². The van der Waals surface area contributed by atoms with Gasteiger partial charge in [-0.3, -0.25) is 4.79 Å². The summed E-state index contributed by atoms with van der Waals surface area (Å²) in [7, 11) is 1.71. The summed E-state index contributed by atoms with van der Waals surface area (Å²) in [5, 5.41) is 4.85. The third-order valence-electron chi connectivity index (χ3n) is 3.56. The highest BCUT2D eigenvalue weighted by Crippen LogP contribution is 2.28. The lowest BCUT2D eigenvalue weighted by molar-refractivity contribution is -0.129. The van der Waals surface area contributed by atoms with Gasteiger partial charge in [0, 0.05) is 12.4 Å². The van der Waals surface area contributed by atoms with Gasteiger partial charge in [0.25, 0.3) is 0 Å². The minimum absolute atomic E-state index is 0.0415. The predicted molar refractivity (Wildman–Crippen MR) is 98.7 cm³/mol. The van der Waals surface area contributed by atoms with Gasteiger partial charge in [0.05, 0.1) is 23.5 Å². The van der Waals surface area contributed by atoms with E-state index in [2.05, 4.69) is 4.98 Å². The second-order valence-corrected chi connectivity index (χ2v) is 7.20. The maximum absolute atomic E-state index is 13.5. The van der Waals surface area contributed by atoms with Crippen LogP contribution in [0.15, 0.2) is 47.2 Å². The highest BCUT2D eigenvalue weighted by atomic mass is 32.1. The SMILES string of the molecule is CN(CCOc1ccccc1F)C(=O)Cc1csc(-c2cccs2)n1. The van der Waals surface area contributed by atoms with Crippen LogP contribution in [-0.4, -0.2) is 36.0 Å². The number of carbonyl (C=O) groups is 1. The average Bonchev–Trinajstić information content (AvgIpc) is 3.27. The molecule has 0 aliphatic heterocycles. The van der Waals surface area contributed by atoms with Crippen molar-refractivity contribution in [3.8, 4) is 15.6 Å². The van der Waals surface area contributed by atoms with Gasteiger partial charge in [-0.15, -0.1) is 22.7 Å². The molecule has 0 saturated heterocycles. The Morgan fingerprint density at radius 2 is 2.08 bits per heavy atom. The molecule has 3 aromatic rings. The normalized spacial score (nSPS) is 10.6. The summed E-state index contributed by atoms with van der Waals surface area (Å²) in [6, 6.07) is 10.2. The third-order valence-corrected chi connectivity index (χ3v) is 5.49. The molecule has 0 bridgehead atoms. The average molecular weight is 376 g/mol. The summed E-state index contributed by atoms with van der Waals surface area (Å²) in [6.45, 7) is 0.621. The van der Waals surface area contributed by atoms with E-state index in [1.807, 2.05) is 22.9 Å². The Kier molecular flexibility index (Phi) is 5.78. The van der Waals surface area contributed by atoms with E-state index >= 15 is 0 Å². The number of thiophene rings is 1. The van der Waals surface area contributed by atoms with Crippen LogP contribution >= 0.6 is 22.7 Å². The van der Waals surface area contributed by atoms with Crippen molar-refractivity contribution in [2.45, 2.75) is 6.42 Å². The molecule has 0 N–H and O–H groups in total. The second-order valence-electron chi connectivity index (χ2n) is 5.39. The Morgan fingerprint density at radius 3 is 2.84 bits per heavy atom. The van der Waals surface area contributed by atoms with Gasteiger partial charge >= 0.3 is 0 Å². The van der Waals surface area contributed by atoms with Gasteiger partial charge in [0.1, 0.15) is 11.6 Å². The van der Waals surface area contributed by atoms with Crippen molar-refractivity contribution in [2.24, 2.45) is 0 Å². The molecule has 7 heteroatoms. The van der Waals surface area contributed by atoms with Gasteiger partial charge < -0.3 is 9.64 Å². The summed E-state index contributed by atoms with van der Waals surface area (Å²) in [5.74, 6) is -0.247. The van der Waals surface area contributed by atoms with Crippen LogP contribution in [0.4, 0.5) is 4.39 Å². The van der Waals surface area contributed by atoms with Crippen LogP contribution in [-0.2, 0) is 11.2 Å². The maximum Gasteiger partial charge on any atom is 0.228 e. The Bertz CT molecular complexity index is 833. The Morgan fingerprint density at radius 1 is 1.24 bits per heavy atom. The number of ether oxygens (including phenoxy) is 1. The zero-order valence-electron chi connectivity index (χ0n) is 13.6. The van der Waals surface area contributed by atoms with Crippen molar-refractivity contribution in [3.63, 3.8) is 0 Å². The van der Waals surface area contributed by atoms with Crippen molar-refractivity contribution in [3.05, 3.63) is 58.7 Å². The smallest absolute Gasteiger partial charge is 0.228 e. The highest BCUT2D eigenvalue weighted by molar-refractivity contribution is 7.20. The molecule has 0 aliphatic carbocycles. The molecule has 1 aromatic carbocycles. The molecule has 2 aromatic heterocycles. The van der Waals surface area contributed by atoms with E-state index in [0.717, 1.165) is 15.6 Å². The lowest BCUT2D eigenvalue weighted by Gasteiger charge is -2.17. The molecule has 0 radical (unpaired) electrons. The third kappa shape index (κ3) is 4.64. The molecule has 0 atom stereocenters. The minimum atomic E-state index is -0.403. The van der Waals surface area contributed by atoms with Crippen LogP contribution in [0.2, 0.25) is 0 Å². The molecular weight excluding hydrogens is 359 g/mol. The molecule has 0 unspecified atom stereocenters. The largest absolute Gasteiger partial charge is 0.489 e. The fraction of sp³-hybridized carbons (Fsp3) is 0.222. The van der Waals surface area contributed by atoms with Crippen LogP contribution in [0.25, 0.3) is 9.88 Å². The summed E-state index contributed by atoms with van der Waals surface area (Å²) in [5.41, 5.74) is 0.764. The predicted octanol–water partition coefficient (Wildman–Crippen LogP) is 4.09. The lowest BCUT2D eigenvalue weighted by Crippen LogP contribution is -2.32. The maximum atomic E-state index is 13.5. The van der Waals surface area contributed by atoms with Gasteiger partial charge in [-0.05, 0) is 23.6 Å². The number of thiazole rings is 1. The number of nitrogens with zero attached hydrogens (tertiary/aromatic N) is 2. The molecule has 25 heavy (non-hydrogen) atoms. The Labute approximate surface area is 153 Å². The van der Waals surface area contributed by atoms with Gasteiger partial charge in [-0.1, -0.05) is 18.2 Å². The molecule has 0 spiro atoms. The summed E-state index contributed by atoms with van der Waals surface area (Å²) in [6.07, 6.45) is 0.248. The van der Waals surface area contributed by atoms with E-state index in [0.29, 0.717) is 6.54 Å². The lowest BCUT2D eigenvalue weighted by atomic mass is 10.3. The zero-order valence-corrected chi connectivity index (χ0v) is 15.3. The fourth-order valence-electron chi connectivity index (χ4n) is 2.17. The number of amides is 1. The van der Waals surface area contributed by atoms with Crippen LogP contribution in [0.3, 0.4) is 0 Å². The summed E-state index contributed by atoms with van der Waals surface area (Å²) >= 11 is 3.17. The minimum Gasteiger partial charge on any atom is -0.489 e. The number of aromatic nitrogens is 1. The number of benzene rings is 1. The van der Waals surface area contributed by atoms with Crippen molar-refractivity contribution in [1.29, 1.82) is 0 Å². The highest BCUT2D eigenvalue weighted by Gasteiger charge is 2.13. The number of para-hydroxylation sites is 1. The number of hydrogen-bond donors (Lipinski definition) is 0. The standard InChI is InChI=1S/C18H17FN2O2S2/c1-21(8-9-23-15-6-3-2-5-14(15)19)17(22)11-13-12-25-18(20-13)16-7-4-10-24-16/h2-7,10,12H,8-9,11H2,1H3. The molecule has 2 heterocycles. The molecule has 4 nitrogen and oxygen atoms in total. The number of likely N-dealkylation sites (N-methyl/N-ethyl adjacent to an activating group) is 1. The van der Waals surface area contributed by atoms with Gasteiger partial charge in [-0.2, -0.15) is 0 Å². The van der Waals surface area contributed by atoms with Gasteiger partial charge in [-0.25, -0.2) is 9.37 Å². The Hall–Kier alpha value is -2.25. The van der Waals surface area contributed by atoms with Gasteiger partial charge in [0.15, 0.2) is 11.6 Å². The molecule has 0 aliphatic rings. The zero-order chi connectivity index (χ0) is 17.6. The molecule has 3 rings (SSSR count). The number of halogens is 1. The first-order valence-electron chi connectivity index (χ1n) is 7.73. The molecule has 1 amide bonds. The van der Waals surface area contributed by atoms with Crippen LogP contribution in [0.1, 0.15) is 5.69 Å². The second kappa shape index (κ2) is 8.22. The Balaban J connectivity index is 1.48. The van der Waals surface area contributed by atoms with Crippen LogP contribution < -0.4 is 4.74 Å². The fourth-order valence-corrected chi connectivity index (χ4v) is 3.80. The first-order chi connectivity index (χ1) is 12.1. The van der Waals surface area contributed by atoms with Crippen LogP contribution in [0.5, 0.6) is 5.75 Å². The van der Waals surface area contributed by atoms with Crippen molar-refractivity contribution >= 4 is 28.6 Å². The quantitative estimate of drug-likeness (QED) is 0.624. The van der Waals surface area contributed by atoms with E-state index in [4.69, 9.17) is 4.74 Å². The first kappa shape index (κ1) is 17.6. The summed E-state index contributed by atoms with van der Waals surface area (Å²) < 4.78 is 18.8. The molecule has 0 fully saturated rings. The van der Waals surface area contributed by atoms with Crippen molar-refractivity contribution in [2.75, 3.05) is 20.2 Å². The van der Waals surface area contributed by atoms with E-state index in [9.17, 15) is 9.18 Å². The van der Waals surface area contributed by atoms with E-state index in [-0.39, 0.29) is 24.7 Å². The van der Waals surface area contributed by atoms with Crippen molar-refractivity contribution in [1.82, 2.24) is 9.88 Å². The molecule has 130 valence electrons. The van der Waals surface area contributed by atoms with E-state index in [1.54, 1.807) is 41.5 Å². The van der Waals surface area contributed by atoms with E-state index < -0.39 is 5.82 Å². The summed E-state index contributed by atoms with van der Waals surface area (Å²) in [4.78, 5) is 19.5. The topological polar surface area (TPSA) is 42.4 Å². The number of hydrogen-bond acceptors (Lipinski definition) is 5. The van der Waals surface area contributed by atoms with Crippen LogP contribution in [0, 0.1) is 5.82 Å². The first-order valence-corrected chi connectivity index (χ1v) is 9.49. The monoisotopic (exact) mass is 376 g/mol. The van der Waals surface area contributed by atoms with Crippen molar-refractivity contribution < 1.29 is 13.9 Å². The molecule has 0 saturated carbocycles. The number of rotatable bonds is 7. The number of carbonyl (C=O) groups excluding carboxylic acids is 1.